The molecule has 1 fully saturated rings. The van der Waals surface area contributed by atoms with Gasteiger partial charge in [-0.05, 0) is 29.8 Å². The van der Waals surface area contributed by atoms with E-state index in [4.69, 9.17) is 16.3 Å². The molecule has 2 heterocycles. The van der Waals surface area contributed by atoms with E-state index in [1.54, 1.807) is 0 Å². The molecule has 2 aromatic carbocycles. The van der Waals surface area contributed by atoms with Crippen molar-refractivity contribution in [2.24, 2.45) is 0 Å². The smallest absolute Gasteiger partial charge is 0.138 e. The van der Waals surface area contributed by atoms with Gasteiger partial charge < -0.3 is 9.30 Å². The van der Waals surface area contributed by atoms with E-state index in [-0.39, 0.29) is 6.23 Å². The van der Waals surface area contributed by atoms with E-state index in [0.717, 1.165) is 30.4 Å². The van der Waals surface area contributed by atoms with Crippen molar-refractivity contribution in [3.63, 3.8) is 0 Å². The average molecular weight is 339 g/mol. The van der Waals surface area contributed by atoms with Crippen molar-refractivity contribution in [1.82, 2.24) is 9.47 Å². The van der Waals surface area contributed by atoms with Crippen LogP contribution in [0.1, 0.15) is 17.4 Å². The number of benzene rings is 2. The Morgan fingerprint density at radius 1 is 1.04 bits per heavy atom. The normalized spacial score (nSPS) is 18.1. The number of rotatable bonds is 4. The minimum absolute atomic E-state index is 0.00522. The molecule has 0 aliphatic carbocycles. The molecule has 0 N–H and O–H groups in total. The van der Waals surface area contributed by atoms with Gasteiger partial charge in [0, 0.05) is 41.8 Å². The zero-order valence-corrected chi connectivity index (χ0v) is 14.1. The van der Waals surface area contributed by atoms with Crippen LogP contribution in [0.5, 0.6) is 0 Å². The summed E-state index contributed by atoms with van der Waals surface area (Å²) in [5.41, 5.74) is 3.53. The Morgan fingerprint density at radius 3 is 2.75 bits per heavy atom. The van der Waals surface area contributed by atoms with E-state index in [9.17, 15) is 0 Å². The summed E-state index contributed by atoms with van der Waals surface area (Å²) in [5, 5.41) is 0.741. The molecule has 0 radical (unpaired) electrons. The first kappa shape index (κ1) is 15.5. The highest BCUT2D eigenvalue weighted by Gasteiger charge is 2.27. The molecule has 1 unspecified atom stereocenters. The lowest BCUT2D eigenvalue weighted by molar-refractivity contribution is 0.0288. The molecule has 3 aromatic rings. The molecule has 4 heteroatoms. The van der Waals surface area contributed by atoms with Crippen LogP contribution < -0.4 is 0 Å². The predicted octanol–water partition coefficient (Wildman–Crippen LogP) is 4.66. The molecule has 24 heavy (non-hydrogen) atoms. The van der Waals surface area contributed by atoms with E-state index in [0.29, 0.717) is 0 Å². The molecule has 4 rings (SSSR count). The van der Waals surface area contributed by atoms with Gasteiger partial charge in [-0.1, -0.05) is 48.0 Å². The highest BCUT2D eigenvalue weighted by Crippen LogP contribution is 2.29. The fraction of sp³-hybridized carbons (Fsp3) is 0.200. The van der Waals surface area contributed by atoms with Crippen LogP contribution in [-0.2, 0) is 11.3 Å². The second-order valence-corrected chi connectivity index (χ2v) is 6.45. The lowest BCUT2D eigenvalue weighted by Gasteiger charge is -2.22. The number of hydrogen-bond donors (Lipinski definition) is 0. The zero-order valence-electron chi connectivity index (χ0n) is 13.3. The van der Waals surface area contributed by atoms with E-state index < -0.39 is 0 Å². The summed E-state index contributed by atoms with van der Waals surface area (Å²) in [6.07, 6.45) is 4.19. The van der Waals surface area contributed by atoms with Crippen LogP contribution in [-0.4, -0.2) is 22.6 Å². The summed E-state index contributed by atoms with van der Waals surface area (Å²) >= 11 is 6.10. The third kappa shape index (κ3) is 3.24. The summed E-state index contributed by atoms with van der Waals surface area (Å²) in [7, 11) is 0. The Labute approximate surface area is 147 Å². The molecule has 1 atom stereocenters. The van der Waals surface area contributed by atoms with E-state index in [1.165, 1.54) is 11.1 Å². The van der Waals surface area contributed by atoms with Gasteiger partial charge in [0.25, 0.3) is 0 Å². The topological polar surface area (TPSA) is 17.4 Å². The Hall–Kier alpha value is -2.07. The molecule has 1 aliphatic rings. The molecule has 3 nitrogen and oxygen atoms in total. The number of halogens is 1. The summed E-state index contributed by atoms with van der Waals surface area (Å²) in [5.74, 6) is 0. The van der Waals surface area contributed by atoms with Gasteiger partial charge in [0.15, 0.2) is 0 Å². The van der Waals surface area contributed by atoms with Crippen LogP contribution in [0.3, 0.4) is 0 Å². The predicted molar refractivity (Wildman–Crippen MR) is 96.3 cm³/mol. The second kappa shape index (κ2) is 6.81. The van der Waals surface area contributed by atoms with Gasteiger partial charge in [0.1, 0.15) is 6.23 Å². The van der Waals surface area contributed by atoms with Crippen LogP contribution in [0.25, 0.3) is 5.69 Å². The third-order valence-electron chi connectivity index (χ3n) is 4.32. The highest BCUT2D eigenvalue weighted by molar-refractivity contribution is 6.30. The van der Waals surface area contributed by atoms with Gasteiger partial charge in [0.2, 0.25) is 0 Å². The fourth-order valence-electron chi connectivity index (χ4n) is 3.15. The molecule has 1 saturated heterocycles. The van der Waals surface area contributed by atoms with Crippen LogP contribution >= 0.6 is 11.6 Å². The van der Waals surface area contributed by atoms with Crippen molar-refractivity contribution in [2.75, 3.05) is 13.2 Å². The summed E-state index contributed by atoms with van der Waals surface area (Å²) in [6.45, 7) is 2.61. The molecule has 0 spiro atoms. The number of ether oxygens (including phenoxy) is 1. The molecular weight excluding hydrogens is 320 g/mol. The first-order valence-electron chi connectivity index (χ1n) is 8.13. The number of nitrogens with zero attached hydrogens (tertiary/aromatic N) is 2. The van der Waals surface area contributed by atoms with Gasteiger partial charge in [-0.15, -0.1) is 0 Å². The van der Waals surface area contributed by atoms with Gasteiger partial charge in [-0.2, -0.15) is 0 Å². The lowest BCUT2D eigenvalue weighted by atomic mass is 10.2. The molecule has 0 amide bonds. The van der Waals surface area contributed by atoms with Crippen molar-refractivity contribution in [3.8, 4) is 5.69 Å². The van der Waals surface area contributed by atoms with Crippen LogP contribution in [0.2, 0.25) is 5.02 Å². The fourth-order valence-corrected chi connectivity index (χ4v) is 3.33. The minimum Gasteiger partial charge on any atom is -0.357 e. The quantitative estimate of drug-likeness (QED) is 0.688. The first-order valence-corrected chi connectivity index (χ1v) is 8.51. The van der Waals surface area contributed by atoms with Gasteiger partial charge in [-0.3, -0.25) is 4.90 Å². The Bertz CT molecular complexity index is 815. The van der Waals surface area contributed by atoms with Crippen molar-refractivity contribution < 1.29 is 4.74 Å². The molecule has 1 aromatic heterocycles. The van der Waals surface area contributed by atoms with Crippen molar-refractivity contribution in [1.29, 1.82) is 0 Å². The van der Waals surface area contributed by atoms with E-state index in [2.05, 4.69) is 52.2 Å². The molecule has 1 aliphatic heterocycles. The Kier molecular flexibility index (Phi) is 4.39. The molecule has 0 saturated carbocycles. The third-order valence-corrected chi connectivity index (χ3v) is 4.56. The molecular formula is C20H19ClN2O. The van der Waals surface area contributed by atoms with Crippen LogP contribution in [0.4, 0.5) is 0 Å². The maximum Gasteiger partial charge on any atom is 0.138 e. The van der Waals surface area contributed by atoms with Crippen LogP contribution in [0, 0.1) is 0 Å². The monoisotopic (exact) mass is 338 g/mol. The summed E-state index contributed by atoms with van der Waals surface area (Å²) < 4.78 is 8.07. The van der Waals surface area contributed by atoms with Gasteiger partial charge >= 0.3 is 0 Å². The van der Waals surface area contributed by atoms with Crippen LogP contribution in [0.15, 0.2) is 73.1 Å². The summed E-state index contributed by atoms with van der Waals surface area (Å²) in [4.78, 5) is 2.37. The van der Waals surface area contributed by atoms with Crippen molar-refractivity contribution >= 4 is 11.6 Å². The SMILES string of the molecule is Clc1cccc(-n2ccc(C3OCCN3Cc3ccccc3)c2)c1. The average Bonchev–Trinajstić information content (AvgIpc) is 3.25. The van der Waals surface area contributed by atoms with Crippen molar-refractivity contribution in [2.45, 2.75) is 12.8 Å². The minimum atomic E-state index is 0.00522. The Morgan fingerprint density at radius 2 is 1.92 bits per heavy atom. The maximum atomic E-state index is 6.10. The Balaban J connectivity index is 1.55. The van der Waals surface area contributed by atoms with Crippen molar-refractivity contribution in [3.05, 3.63) is 89.2 Å². The molecule has 0 bridgehead atoms. The lowest BCUT2D eigenvalue weighted by Crippen LogP contribution is -2.23. The standard InChI is InChI=1S/C20H19ClN2O/c21-18-7-4-8-19(13-18)22-10-9-17(15-22)20-23(11-12-24-20)14-16-5-2-1-3-6-16/h1-10,13,15,20H,11-12,14H2. The number of aromatic nitrogens is 1. The van der Waals surface area contributed by atoms with Gasteiger partial charge in [0.05, 0.1) is 6.61 Å². The first-order chi connectivity index (χ1) is 11.8. The largest absolute Gasteiger partial charge is 0.357 e. The summed E-state index contributed by atoms with van der Waals surface area (Å²) in [6, 6.07) is 20.5. The maximum absolute atomic E-state index is 6.10. The van der Waals surface area contributed by atoms with E-state index >= 15 is 0 Å². The highest BCUT2D eigenvalue weighted by atomic mass is 35.5. The molecule has 122 valence electrons. The zero-order chi connectivity index (χ0) is 16.4. The second-order valence-electron chi connectivity index (χ2n) is 6.01. The van der Waals surface area contributed by atoms with Gasteiger partial charge in [-0.25, -0.2) is 0 Å². The van der Waals surface area contributed by atoms with E-state index in [1.807, 2.05) is 30.3 Å². The number of hydrogen-bond acceptors (Lipinski definition) is 2.